The lowest BCUT2D eigenvalue weighted by molar-refractivity contribution is 0.137. The zero-order chi connectivity index (χ0) is 18.4. The maximum Gasteiger partial charge on any atom is 0.0983 e. The van der Waals surface area contributed by atoms with E-state index in [1.54, 1.807) is 0 Å². The summed E-state index contributed by atoms with van der Waals surface area (Å²) in [5, 5.41) is 2.10. The van der Waals surface area contributed by atoms with Crippen LogP contribution in [0, 0.1) is 0 Å². The molecule has 4 atom stereocenters. The zero-order valence-corrected chi connectivity index (χ0v) is 18.2. The van der Waals surface area contributed by atoms with Crippen molar-refractivity contribution in [3.63, 3.8) is 0 Å². The topological polar surface area (TPSA) is 16.1 Å². The standard InChI is InChI=1S/C23H23ClN2S.ClH/c1-26-18-11-12-20(26)22(19(13-18)15-7-9-17(24)10-8-15)23-25-14-21(27-23)16-5-3-2-4-6-16;/h2-10,14,18-20,22H,11-13H2,1H3;1H. The number of hydrogen-bond acceptors (Lipinski definition) is 3. The molecule has 5 heteroatoms. The van der Waals surface area contributed by atoms with Crippen LogP contribution in [0.2, 0.25) is 5.02 Å². The minimum atomic E-state index is 0. The second-order valence-electron chi connectivity index (χ2n) is 7.81. The van der Waals surface area contributed by atoms with Gasteiger partial charge < -0.3 is 0 Å². The molecule has 2 nitrogen and oxygen atoms in total. The summed E-state index contributed by atoms with van der Waals surface area (Å²) in [6.07, 6.45) is 5.85. The van der Waals surface area contributed by atoms with Crippen LogP contribution in [0.1, 0.15) is 41.7 Å². The predicted molar refractivity (Wildman–Crippen MR) is 121 cm³/mol. The van der Waals surface area contributed by atoms with E-state index in [0.29, 0.717) is 23.9 Å². The summed E-state index contributed by atoms with van der Waals surface area (Å²) in [5.41, 5.74) is 2.67. The highest BCUT2D eigenvalue weighted by Gasteiger charge is 2.47. The van der Waals surface area contributed by atoms with Crippen molar-refractivity contribution in [3.05, 3.63) is 76.4 Å². The number of likely N-dealkylation sites (N-methyl/N-ethyl adjacent to an activating group) is 1. The van der Waals surface area contributed by atoms with Gasteiger partial charge in [0.25, 0.3) is 0 Å². The first-order chi connectivity index (χ1) is 13.2. The Kier molecular flexibility index (Phi) is 5.80. The molecule has 0 radical (unpaired) electrons. The highest BCUT2D eigenvalue weighted by Crippen LogP contribution is 2.52. The Bertz CT molecular complexity index is 925. The molecule has 28 heavy (non-hydrogen) atoms. The Balaban J connectivity index is 0.00000192. The normalized spacial score (nSPS) is 26.8. The number of halogens is 2. The first-order valence-electron chi connectivity index (χ1n) is 9.69. The van der Waals surface area contributed by atoms with E-state index in [-0.39, 0.29) is 12.4 Å². The maximum absolute atomic E-state index is 6.15. The van der Waals surface area contributed by atoms with Crippen LogP contribution in [0.25, 0.3) is 10.4 Å². The second kappa shape index (κ2) is 8.16. The molecule has 3 heterocycles. The molecular formula is C23H24Cl2N2S. The summed E-state index contributed by atoms with van der Waals surface area (Å²) in [4.78, 5) is 8.81. The molecule has 2 saturated heterocycles. The van der Waals surface area contributed by atoms with Gasteiger partial charge in [0.05, 0.1) is 9.88 Å². The number of fused-ring (bicyclic) bond motifs is 2. The van der Waals surface area contributed by atoms with Crippen LogP contribution >= 0.6 is 35.3 Å². The maximum atomic E-state index is 6.15. The number of nitrogens with zero attached hydrogens (tertiary/aromatic N) is 2. The highest BCUT2D eigenvalue weighted by molar-refractivity contribution is 7.15. The van der Waals surface area contributed by atoms with Gasteiger partial charge in [0.1, 0.15) is 0 Å². The van der Waals surface area contributed by atoms with E-state index in [4.69, 9.17) is 16.6 Å². The average molecular weight is 431 g/mol. The van der Waals surface area contributed by atoms with Gasteiger partial charge in [-0.3, -0.25) is 4.90 Å². The molecule has 3 aromatic rings. The Hall–Kier alpha value is -1.39. The number of hydrogen-bond donors (Lipinski definition) is 0. The van der Waals surface area contributed by atoms with Crippen molar-refractivity contribution in [3.8, 4) is 10.4 Å². The second-order valence-corrected chi connectivity index (χ2v) is 9.31. The van der Waals surface area contributed by atoms with Crippen molar-refractivity contribution in [1.29, 1.82) is 0 Å². The van der Waals surface area contributed by atoms with E-state index in [9.17, 15) is 0 Å². The summed E-state index contributed by atoms with van der Waals surface area (Å²) < 4.78 is 0. The number of benzene rings is 2. The van der Waals surface area contributed by atoms with E-state index in [2.05, 4.69) is 60.6 Å². The van der Waals surface area contributed by atoms with Gasteiger partial charge in [-0.25, -0.2) is 4.98 Å². The van der Waals surface area contributed by atoms with Crippen molar-refractivity contribution < 1.29 is 0 Å². The number of thiazole rings is 1. The van der Waals surface area contributed by atoms with Crippen LogP contribution in [0.5, 0.6) is 0 Å². The fourth-order valence-electron chi connectivity index (χ4n) is 5.03. The highest BCUT2D eigenvalue weighted by atomic mass is 35.5. The third-order valence-corrected chi connectivity index (χ3v) is 7.83. The van der Waals surface area contributed by atoms with Crippen molar-refractivity contribution in [2.24, 2.45) is 0 Å². The van der Waals surface area contributed by atoms with Crippen LogP contribution in [-0.2, 0) is 0 Å². The zero-order valence-electron chi connectivity index (χ0n) is 15.8. The fourth-order valence-corrected chi connectivity index (χ4v) is 6.31. The lowest BCUT2D eigenvalue weighted by Gasteiger charge is -2.42. The van der Waals surface area contributed by atoms with Crippen LogP contribution < -0.4 is 0 Å². The van der Waals surface area contributed by atoms with E-state index in [1.807, 2.05) is 23.5 Å². The molecule has 2 aliphatic rings. The van der Waals surface area contributed by atoms with Crippen LogP contribution in [0.3, 0.4) is 0 Å². The number of aromatic nitrogens is 1. The first kappa shape index (κ1) is 19.9. The molecule has 2 bridgehead atoms. The van der Waals surface area contributed by atoms with E-state index < -0.39 is 0 Å². The van der Waals surface area contributed by atoms with Gasteiger partial charge >= 0.3 is 0 Å². The van der Waals surface area contributed by atoms with Crippen LogP contribution in [0.4, 0.5) is 0 Å². The van der Waals surface area contributed by atoms with E-state index >= 15 is 0 Å². The summed E-state index contributed by atoms with van der Waals surface area (Å²) in [7, 11) is 2.30. The Morgan fingerprint density at radius 2 is 1.79 bits per heavy atom. The molecule has 1 aromatic heterocycles. The average Bonchev–Trinajstić information content (AvgIpc) is 3.26. The molecule has 0 amide bonds. The summed E-state index contributed by atoms with van der Waals surface area (Å²) in [6, 6.07) is 20.4. The molecule has 146 valence electrons. The van der Waals surface area contributed by atoms with Gasteiger partial charge in [-0.1, -0.05) is 54.1 Å². The molecule has 0 saturated carbocycles. The smallest absolute Gasteiger partial charge is 0.0983 e. The van der Waals surface area contributed by atoms with Gasteiger partial charge in [-0.05, 0) is 55.5 Å². The first-order valence-corrected chi connectivity index (χ1v) is 10.9. The number of piperidine rings is 1. The summed E-state index contributed by atoms with van der Waals surface area (Å²) in [6.45, 7) is 0. The van der Waals surface area contributed by atoms with Crippen molar-refractivity contribution >= 4 is 35.3 Å². The largest absolute Gasteiger partial charge is 0.300 e. The molecule has 2 aromatic carbocycles. The predicted octanol–water partition coefficient (Wildman–Crippen LogP) is 6.62. The van der Waals surface area contributed by atoms with Crippen LogP contribution in [-0.4, -0.2) is 29.0 Å². The molecule has 0 aliphatic carbocycles. The summed E-state index contributed by atoms with van der Waals surface area (Å²) >= 11 is 8.02. The Labute approximate surface area is 182 Å². The van der Waals surface area contributed by atoms with Gasteiger partial charge in [-0.2, -0.15) is 0 Å². The molecule has 0 N–H and O–H groups in total. The van der Waals surface area contributed by atoms with E-state index in [0.717, 1.165) is 5.02 Å². The molecular weight excluding hydrogens is 407 g/mol. The SMILES string of the molecule is CN1C2CCC1C(c1ncc(-c3ccccc3)s1)C(c1ccc(Cl)cc1)C2.Cl. The minimum absolute atomic E-state index is 0. The minimum Gasteiger partial charge on any atom is -0.300 e. The summed E-state index contributed by atoms with van der Waals surface area (Å²) in [5.74, 6) is 0.975. The molecule has 2 aliphatic heterocycles. The Morgan fingerprint density at radius 1 is 1.04 bits per heavy atom. The van der Waals surface area contributed by atoms with Crippen LogP contribution in [0.15, 0.2) is 60.8 Å². The fraction of sp³-hybridized carbons (Fsp3) is 0.348. The molecule has 2 fully saturated rings. The lowest BCUT2D eigenvalue weighted by atomic mass is 9.76. The van der Waals surface area contributed by atoms with Gasteiger partial charge in [0, 0.05) is 29.2 Å². The molecule has 5 rings (SSSR count). The third kappa shape index (κ3) is 3.50. The van der Waals surface area contributed by atoms with Crippen molar-refractivity contribution in [1.82, 2.24) is 9.88 Å². The molecule has 4 unspecified atom stereocenters. The van der Waals surface area contributed by atoms with Gasteiger partial charge in [0.15, 0.2) is 0 Å². The molecule has 0 spiro atoms. The monoisotopic (exact) mass is 430 g/mol. The van der Waals surface area contributed by atoms with Crippen molar-refractivity contribution in [2.45, 2.75) is 43.2 Å². The quantitative estimate of drug-likeness (QED) is 0.463. The van der Waals surface area contributed by atoms with Gasteiger partial charge in [-0.15, -0.1) is 23.7 Å². The lowest BCUT2D eigenvalue weighted by Crippen LogP contribution is -2.44. The van der Waals surface area contributed by atoms with E-state index in [1.165, 1.54) is 40.3 Å². The third-order valence-electron chi connectivity index (χ3n) is 6.43. The van der Waals surface area contributed by atoms with Crippen molar-refractivity contribution in [2.75, 3.05) is 7.05 Å². The number of rotatable bonds is 3. The Morgan fingerprint density at radius 3 is 2.54 bits per heavy atom. The van der Waals surface area contributed by atoms with Gasteiger partial charge in [0.2, 0.25) is 0 Å².